The van der Waals surface area contributed by atoms with E-state index in [2.05, 4.69) is 13.8 Å². The third kappa shape index (κ3) is 9.77. The van der Waals surface area contributed by atoms with Gasteiger partial charge >= 0.3 is 11.9 Å². The van der Waals surface area contributed by atoms with Gasteiger partial charge in [0.25, 0.3) is 0 Å². The van der Waals surface area contributed by atoms with E-state index in [-0.39, 0.29) is 22.3 Å². The maximum absolute atomic E-state index is 13.1. The molecule has 2 aliphatic heterocycles. The Labute approximate surface area is 276 Å². The van der Waals surface area contributed by atoms with E-state index in [1.165, 1.54) is 0 Å². The molecular formula is C37H44O10. The zero-order valence-corrected chi connectivity index (χ0v) is 27.4. The van der Waals surface area contributed by atoms with Crippen LogP contribution in [0.4, 0.5) is 0 Å². The van der Waals surface area contributed by atoms with E-state index in [0.29, 0.717) is 87.5 Å². The van der Waals surface area contributed by atoms with Gasteiger partial charge in [-0.25, -0.2) is 9.59 Å². The van der Waals surface area contributed by atoms with Gasteiger partial charge in [0.2, 0.25) is 0 Å². The normalized spacial score (nSPS) is 16.0. The Morgan fingerprint density at radius 2 is 1.17 bits per heavy atom. The minimum absolute atomic E-state index is 0.0829. The fourth-order valence-electron chi connectivity index (χ4n) is 4.97. The number of carbonyl (C=O) groups is 2. The molecule has 3 aromatic rings. The zero-order valence-electron chi connectivity index (χ0n) is 27.4. The first kappa shape index (κ1) is 34.4. The number of carbonyl (C=O) groups excluding carboxylic acids is 2. The molecule has 2 heterocycles. The van der Waals surface area contributed by atoms with Crippen LogP contribution in [0.3, 0.4) is 0 Å². The highest BCUT2D eigenvalue weighted by atomic mass is 16.6. The van der Waals surface area contributed by atoms with Gasteiger partial charge in [-0.2, -0.15) is 0 Å². The van der Waals surface area contributed by atoms with Crippen LogP contribution >= 0.6 is 0 Å². The summed E-state index contributed by atoms with van der Waals surface area (Å²) < 4.78 is 45.4. The molecule has 3 aromatic carbocycles. The second-order valence-electron chi connectivity index (χ2n) is 12.8. The first-order valence-electron chi connectivity index (χ1n) is 16.0. The van der Waals surface area contributed by atoms with Crippen molar-refractivity contribution >= 4 is 11.9 Å². The quantitative estimate of drug-likeness (QED) is 0.0915. The highest BCUT2D eigenvalue weighted by Gasteiger charge is 2.34. The van der Waals surface area contributed by atoms with Gasteiger partial charge in [0.15, 0.2) is 11.5 Å². The van der Waals surface area contributed by atoms with E-state index in [0.717, 1.165) is 19.6 Å². The number of rotatable bonds is 18. The molecule has 47 heavy (non-hydrogen) atoms. The average Bonchev–Trinajstić information content (AvgIpc) is 3.05. The average molecular weight is 649 g/mol. The molecule has 0 aliphatic carbocycles. The third-order valence-electron chi connectivity index (χ3n) is 7.91. The predicted octanol–water partition coefficient (Wildman–Crippen LogP) is 6.08. The molecule has 0 atom stereocenters. The van der Waals surface area contributed by atoms with E-state index < -0.39 is 11.9 Å². The number of benzene rings is 3. The van der Waals surface area contributed by atoms with Crippen molar-refractivity contribution in [1.82, 2.24) is 0 Å². The highest BCUT2D eigenvalue weighted by molar-refractivity contribution is 5.93. The molecule has 10 nitrogen and oxygen atoms in total. The number of hydrogen-bond acceptors (Lipinski definition) is 10. The van der Waals surface area contributed by atoms with Crippen molar-refractivity contribution in [3.8, 4) is 23.0 Å². The van der Waals surface area contributed by atoms with E-state index in [1.807, 2.05) is 6.07 Å². The minimum atomic E-state index is -0.557. The summed E-state index contributed by atoms with van der Waals surface area (Å²) in [4.78, 5) is 26.1. The van der Waals surface area contributed by atoms with Crippen molar-refractivity contribution in [2.45, 2.75) is 33.6 Å². The van der Waals surface area contributed by atoms with E-state index >= 15 is 0 Å². The molecule has 252 valence electrons. The van der Waals surface area contributed by atoms with Crippen LogP contribution < -0.4 is 18.9 Å². The zero-order chi connectivity index (χ0) is 33.1. The lowest BCUT2D eigenvalue weighted by atomic mass is 9.90. The monoisotopic (exact) mass is 648 g/mol. The molecule has 0 radical (unpaired) electrons. The van der Waals surface area contributed by atoms with Gasteiger partial charge < -0.3 is 37.9 Å². The van der Waals surface area contributed by atoms with Crippen molar-refractivity contribution in [2.24, 2.45) is 10.8 Å². The van der Waals surface area contributed by atoms with Crippen molar-refractivity contribution < 1.29 is 47.5 Å². The van der Waals surface area contributed by atoms with Crippen LogP contribution in [0.2, 0.25) is 0 Å². The fourth-order valence-corrected chi connectivity index (χ4v) is 4.97. The first-order chi connectivity index (χ1) is 22.7. The molecule has 0 saturated carbocycles. The number of hydrogen-bond donors (Lipinski definition) is 0. The summed E-state index contributed by atoms with van der Waals surface area (Å²) in [6.45, 7) is 12.2. The Bertz CT molecular complexity index is 1460. The van der Waals surface area contributed by atoms with Gasteiger partial charge in [-0.15, -0.1) is 0 Å². The lowest BCUT2D eigenvalue weighted by Gasteiger charge is -2.37. The Morgan fingerprint density at radius 3 is 1.74 bits per heavy atom. The second-order valence-corrected chi connectivity index (χ2v) is 12.8. The number of esters is 2. The second kappa shape index (κ2) is 16.2. The molecule has 0 unspecified atom stereocenters. The molecule has 2 saturated heterocycles. The summed E-state index contributed by atoms with van der Waals surface area (Å²) in [5, 5.41) is 0. The van der Waals surface area contributed by atoms with Crippen molar-refractivity contribution in [3.63, 3.8) is 0 Å². The lowest BCUT2D eigenvalue weighted by Crippen LogP contribution is -2.43. The molecule has 5 rings (SSSR count). The lowest BCUT2D eigenvalue weighted by molar-refractivity contribution is -0.138. The van der Waals surface area contributed by atoms with E-state index in [4.69, 9.17) is 37.9 Å². The van der Waals surface area contributed by atoms with Gasteiger partial charge in [-0.3, -0.25) is 0 Å². The van der Waals surface area contributed by atoms with Crippen LogP contribution in [0, 0.1) is 17.8 Å². The molecule has 2 fully saturated rings. The predicted molar refractivity (Wildman–Crippen MR) is 174 cm³/mol. The maximum Gasteiger partial charge on any atom is 0.343 e. The summed E-state index contributed by atoms with van der Waals surface area (Å²) in [5.41, 5.74) is 1.40. The van der Waals surface area contributed by atoms with Crippen LogP contribution in [-0.2, 0) is 18.9 Å². The molecular weight excluding hydrogens is 604 g/mol. The maximum atomic E-state index is 13.1. The van der Waals surface area contributed by atoms with Crippen LogP contribution in [-0.4, -0.2) is 78.0 Å². The SMILES string of the molecule is Cc1c(OC(=O)c2ccc(OCCCOCC3(C)COC3)cc2)ccc(OCCCOCC2(C)COC2)c1OC(=O)c1ccccc1. The van der Waals surface area contributed by atoms with Crippen molar-refractivity contribution in [2.75, 3.05) is 66.1 Å². The Morgan fingerprint density at radius 1 is 0.638 bits per heavy atom. The van der Waals surface area contributed by atoms with Gasteiger partial charge in [-0.05, 0) is 55.5 Å². The summed E-state index contributed by atoms with van der Waals surface area (Å²) in [6.07, 6.45) is 1.39. The highest BCUT2D eigenvalue weighted by Crippen LogP contribution is 2.38. The summed E-state index contributed by atoms with van der Waals surface area (Å²) >= 11 is 0. The fraction of sp³-hybridized carbons (Fsp3) is 0.459. The Hall–Kier alpha value is -3.96. The van der Waals surface area contributed by atoms with Crippen LogP contribution in [0.25, 0.3) is 0 Å². The summed E-state index contributed by atoms with van der Waals surface area (Å²) in [6, 6.07) is 18.7. The molecule has 0 aromatic heterocycles. The standard InChI is InChI=1S/C37H44O10/c1-27-31(46-34(38)29-11-13-30(14-12-29)44-19-7-17-40-21-36(2)23-42-24-36)15-16-32(33(27)47-35(39)28-9-5-4-6-10-28)45-20-8-18-41-22-37(3)25-43-26-37/h4-6,9-16H,7-8,17-26H2,1-3H3. The molecule has 0 bridgehead atoms. The van der Waals surface area contributed by atoms with Gasteiger partial charge in [0.05, 0.1) is 64.0 Å². The summed E-state index contributed by atoms with van der Waals surface area (Å²) in [7, 11) is 0. The smallest absolute Gasteiger partial charge is 0.343 e. The van der Waals surface area contributed by atoms with Crippen LogP contribution in [0.1, 0.15) is 53.0 Å². The largest absolute Gasteiger partial charge is 0.494 e. The third-order valence-corrected chi connectivity index (χ3v) is 7.91. The van der Waals surface area contributed by atoms with Crippen LogP contribution in [0.5, 0.6) is 23.0 Å². The van der Waals surface area contributed by atoms with Gasteiger partial charge in [0.1, 0.15) is 11.5 Å². The van der Waals surface area contributed by atoms with Crippen molar-refractivity contribution in [1.29, 1.82) is 0 Å². The summed E-state index contributed by atoms with van der Waals surface area (Å²) in [5.74, 6) is 0.339. The van der Waals surface area contributed by atoms with E-state index in [1.54, 1.807) is 67.6 Å². The minimum Gasteiger partial charge on any atom is -0.494 e. The van der Waals surface area contributed by atoms with Gasteiger partial charge in [0, 0.05) is 42.4 Å². The Kier molecular flexibility index (Phi) is 11.9. The molecule has 0 amide bonds. The van der Waals surface area contributed by atoms with Crippen molar-refractivity contribution in [3.05, 3.63) is 83.4 Å². The molecule has 2 aliphatic rings. The molecule has 10 heteroatoms. The first-order valence-corrected chi connectivity index (χ1v) is 16.0. The molecule has 0 spiro atoms. The molecule has 0 N–H and O–H groups in total. The number of ether oxygens (including phenoxy) is 8. The van der Waals surface area contributed by atoms with Crippen LogP contribution in [0.15, 0.2) is 66.7 Å². The van der Waals surface area contributed by atoms with Gasteiger partial charge in [-0.1, -0.05) is 32.0 Å². The topological polar surface area (TPSA) is 108 Å². The van der Waals surface area contributed by atoms with E-state index in [9.17, 15) is 9.59 Å². The Balaban J connectivity index is 1.15.